The second kappa shape index (κ2) is 12.3. The van der Waals surface area contributed by atoms with Crippen LogP contribution in [0, 0.1) is 0 Å². The van der Waals surface area contributed by atoms with Crippen molar-refractivity contribution >= 4 is 0 Å². The molecule has 0 amide bonds. The molecule has 0 N–H and O–H groups in total. The van der Waals surface area contributed by atoms with Gasteiger partial charge in [0.1, 0.15) is 0 Å². The van der Waals surface area contributed by atoms with Gasteiger partial charge in [-0.25, -0.2) is 0 Å². The van der Waals surface area contributed by atoms with Crippen LogP contribution >= 0.6 is 0 Å². The summed E-state index contributed by atoms with van der Waals surface area (Å²) in [5.41, 5.74) is 3.87. The number of ether oxygens (including phenoxy) is 2. The van der Waals surface area contributed by atoms with Gasteiger partial charge in [0.25, 0.3) is 0 Å². The Bertz CT molecular complexity index is 776. The van der Waals surface area contributed by atoms with Crippen molar-refractivity contribution in [3.63, 3.8) is 0 Å². The molecule has 0 heterocycles. The molecule has 0 fully saturated rings. The van der Waals surface area contributed by atoms with Gasteiger partial charge < -0.3 is 9.47 Å². The zero-order valence-corrected chi connectivity index (χ0v) is 18.1. The van der Waals surface area contributed by atoms with E-state index in [1.807, 2.05) is 13.8 Å². The lowest BCUT2D eigenvalue weighted by atomic mass is 10.0. The first-order chi connectivity index (χ1) is 14.8. The van der Waals surface area contributed by atoms with Crippen LogP contribution in [0.15, 0.2) is 91.0 Å². The minimum Gasteiger partial charge on any atom is -0.351 e. The second-order valence-corrected chi connectivity index (χ2v) is 7.41. The van der Waals surface area contributed by atoms with E-state index in [0.717, 1.165) is 19.5 Å². The summed E-state index contributed by atoms with van der Waals surface area (Å²) in [6.07, 6.45) is 0.582. The largest absolute Gasteiger partial charge is 0.351 e. The summed E-state index contributed by atoms with van der Waals surface area (Å²) in [5.74, 6) is 0. The monoisotopic (exact) mass is 403 g/mol. The van der Waals surface area contributed by atoms with Crippen LogP contribution in [-0.2, 0) is 29.0 Å². The van der Waals surface area contributed by atoms with Crippen molar-refractivity contribution in [1.82, 2.24) is 4.90 Å². The summed E-state index contributed by atoms with van der Waals surface area (Å²) in [5, 5.41) is 0. The fourth-order valence-corrected chi connectivity index (χ4v) is 3.78. The first kappa shape index (κ1) is 22.2. The molecule has 0 aliphatic rings. The van der Waals surface area contributed by atoms with Gasteiger partial charge >= 0.3 is 0 Å². The molecule has 3 rings (SSSR count). The van der Waals surface area contributed by atoms with Crippen molar-refractivity contribution in [2.24, 2.45) is 0 Å². The molecule has 0 radical (unpaired) electrons. The molecule has 0 aliphatic carbocycles. The molecule has 1 atom stereocenters. The maximum Gasteiger partial charge on any atom is 0.173 e. The first-order valence-electron chi connectivity index (χ1n) is 10.9. The molecule has 0 unspecified atom stereocenters. The summed E-state index contributed by atoms with van der Waals surface area (Å²) < 4.78 is 12.2. The van der Waals surface area contributed by atoms with Crippen LogP contribution in [0.2, 0.25) is 0 Å². The zero-order valence-electron chi connectivity index (χ0n) is 18.1. The number of rotatable bonds is 12. The van der Waals surface area contributed by atoms with Crippen molar-refractivity contribution in [3.05, 3.63) is 108 Å². The van der Waals surface area contributed by atoms with Crippen molar-refractivity contribution in [2.45, 2.75) is 45.7 Å². The fourth-order valence-electron chi connectivity index (χ4n) is 3.78. The topological polar surface area (TPSA) is 21.7 Å². The van der Waals surface area contributed by atoms with Crippen LogP contribution in [-0.4, -0.2) is 30.4 Å². The normalized spacial score (nSPS) is 12.4. The van der Waals surface area contributed by atoms with Gasteiger partial charge in [0.05, 0.1) is 6.04 Å². The SMILES string of the molecule is CCOC(OCC)[C@H](Cc1ccccc1)N(Cc1ccccc1)Cc1ccccc1. The van der Waals surface area contributed by atoms with Gasteiger partial charge in [0, 0.05) is 26.3 Å². The van der Waals surface area contributed by atoms with E-state index in [2.05, 4.69) is 95.9 Å². The average molecular weight is 404 g/mol. The number of benzene rings is 3. The Morgan fingerprint density at radius 3 is 1.40 bits per heavy atom. The third kappa shape index (κ3) is 6.81. The lowest BCUT2D eigenvalue weighted by molar-refractivity contribution is -0.176. The summed E-state index contributed by atoms with van der Waals surface area (Å²) in [6, 6.07) is 32.0. The molecular weight excluding hydrogens is 370 g/mol. The lowest BCUT2D eigenvalue weighted by Crippen LogP contribution is -2.47. The number of nitrogens with zero attached hydrogens (tertiary/aromatic N) is 1. The van der Waals surface area contributed by atoms with Gasteiger partial charge in [-0.15, -0.1) is 0 Å². The molecule has 0 bridgehead atoms. The van der Waals surface area contributed by atoms with E-state index in [0.29, 0.717) is 13.2 Å². The number of hydrogen-bond acceptors (Lipinski definition) is 3. The van der Waals surface area contributed by atoms with Gasteiger partial charge in [-0.05, 0) is 37.0 Å². The van der Waals surface area contributed by atoms with Crippen LogP contribution in [0.4, 0.5) is 0 Å². The van der Waals surface area contributed by atoms with Gasteiger partial charge in [-0.1, -0.05) is 91.0 Å². The van der Waals surface area contributed by atoms with E-state index in [-0.39, 0.29) is 12.3 Å². The molecule has 3 aromatic carbocycles. The first-order valence-corrected chi connectivity index (χ1v) is 10.9. The third-order valence-electron chi connectivity index (χ3n) is 5.19. The van der Waals surface area contributed by atoms with E-state index in [4.69, 9.17) is 9.47 Å². The minimum absolute atomic E-state index is 0.0905. The highest BCUT2D eigenvalue weighted by molar-refractivity contribution is 5.19. The number of hydrogen-bond donors (Lipinski definition) is 0. The Morgan fingerprint density at radius 2 is 1.00 bits per heavy atom. The molecule has 158 valence electrons. The van der Waals surface area contributed by atoms with E-state index in [1.54, 1.807) is 0 Å². The highest BCUT2D eigenvalue weighted by Gasteiger charge is 2.29. The Kier molecular flexibility index (Phi) is 9.10. The van der Waals surface area contributed by atoms with E-state index < -0.39 is 0 Å². The summed E-state index contributed by atoms with van der Waals surface area (Å²) in [7, 11) is 0. The summed E-state index contributed by atoms with van der Waals surface area (Å²) in [6.45, 7) is 6.99. The molecule has 0 aromatic heterocycles. The molecule has 3 aromatic rings. The van der Waals surface area contributed by atoms with Crippen molar-refractivity contribution in [3.8, 4) is 0 Å². The highest BCUT2D eigenvalue weighted by atomic mass is 16.7. The Hall–Kier alpha value is -2.46. The molecule has 30 heavy (non-hydrogen) atoms. The van der Waals surface area contributed by atoms with Crippen LogP contribution in [0.1, 0.15) is 30.5 Å². The Labute approximate surface area is 181 Å². The second-order valence-electron chi connectivity index (χ2n) is 7.41. The maximum atomic E-state index is 6.11. The quantitative estimate of drug-likeness (QED) is 0.362. The predicted octanol–water partition coefficient (Wildman–Crippen LogP) is 5.70. The molecule has 0 saturated carbocycles. The molecule has 0 aliphatic heterocycles. The van der Waals surface area contributed by atoms with Crippen molar-refractivity contribution < 1.29 is 9.47 Å². The van der Waals surface area contributed by atoms with Gasteiger partial charge in [-0.3, -0.25) is 4.90 Å². The van der Waals surface area contributed by atoms with Crippen LogP contribution in [0.5, 0.6) is 0 Å². The standard InChI is InChI=1S/C27H33NO2/c1-3-29-27(30-4-2)26(20-23-14-8-5-9-15-23)28(21-24-16-10-6-11-17-24)22-25-18-12-7-13-19-25/h5-19,26-27H,3-4,20-22H2,1-2H3/t26-/m0/s1. The molecule has 3 nitrogen and oxygen atoms in total. The third-order valence-corrected chi connectivity index (χ3v) is 5.19. The fraction of sp³-hybridized carbons (Fsp3) is 0.333. The predicted molar refractivity (Wildman–Crippen MR) is 123 cm³/mol. The van der Waals surface area contributed by atoms with Gasteiger partial charge in [0.15, 0.2) is 6.29 Å². The smallest absolute Gasteiger partial charge is 0.173 e. The molecular formula is C27H33NO2. The Morgan fingerprint density at radius 1 is 0.600 bits per heavy atom. The van der Waals surface area contributed by atoms with Crippen LogP contribution in [0.3, 0.4) is 0 Å². The lowest BCUT2D eigenvalue weighted by Gasteiger charge is -2.37. The van der Waals surface area contributed by atoms with Crippen LogP contribution in [0.25, 0.3) is 0 Å². The van der Waals surface area contributed by atoms with Gasteiger partial charge in [0.2, 0.25) is 0 Å². The average Bonchev–Trinajstić information content (AvgIpc) is 2.79. The van der Waals surface area contributed by atoms with E-state index in [9.17, 15) is 0 Å². The maximum absolute atomic E-state index is 6.11. The van der Waals surface area contributed by atoms with Crippen LogP contribution < -0.4 is 0 Å². The Balaban J connectivity index is 1.94. The van der Waals surface area contributed by atoms with E-state index >= 15 is 0 Å². The molecule has 3 heteroatoms. The van der Waals surface area contributed by atoms with E-state index in [1.165, 1.54) is 16.7 Å². The molecule has 0 spiro atoms. The van der Waals surface area contributed by atoms with Crippen molar-refractivity contribution in [1.29, 1.82) is 0 Å². The minimum atomic E-state index is -0.285. The zero-order chi connectivity index (χ0) is 21.0. The summed E-state index contributed by atoms with van der Waals surface area (Å²) in [4.78, 5) is 2.49. The van der Waals surface area contributed by atoms with Crippen molar-refractivity contribution in [2.75, 3.05) is 13.2 Å². The van der Waals surface area contributed by atoms with Gasteiger partial charge in [-0.2, -0.15) is 0 Å². The highest BCUT2D eigenvalue weighted by Crippen LogP contribution is 2.22. The molecule has 0 saturated heterocycles. The summed E-state index contributed by atoms with van der Waals surface area (Å²) >= 11 is 0.